The van der Waals surface area contributed by atoms with E-state index in [0.29, 0.717) is 17.1 Å². The number of benzene rings is 1. The number of rotatable bonds is 3. The number of nitriles is 1. The molecule has 0 amide bonds. The molecule has 0 aliphatic heterocycles. The maximum absolute atomic E-state index is 9.02. The maximum Gasteiger partial charge on any atom is 0.132 e. The Balaban J connectivity index is 2.24. The van der Waals surface area contributed by atoms with Crippen molar-refractivity contribution in [2.24, 2.45) is 0 Å². The first-order valence-corrected chi connectivity index (χ1v) is 5.76. The lowest BCUT2D eigenvalue weighted by Crippen LogP contribution is -2.18. The quantitative estimate of drug-likeness (QED) is 0.889. The van der Waals surface area contributed by atoms with Gasteiger partial charge in [0.1, 0.15) is 16.8 Å². The van der Waals surface area contributed by atoms with Crippen LogP contribution in [-0.2, 0) is 6.54 Å². The average Bonchev–Trinajstić information content (AvgIpc) is 2.75. The van der Waals surface area contributed by atoms with Crippen molar-refractivity contribution >= 4 is 22.2 Å². The van der Waals surface area contributed by atoms with Crippen molar-refractivity contribution in [3.63, 3.8) is 0 Å². The largest absolute Gasteiger partial charge is 0.388 e. The fraction of sp³-hybridized carbons (Fsp3) is 0.182. The van der Waals surface area contributed by atoms with E-state index in [-0.39, 0.29) is 0 Å². The minimum Gasteiger partial charge on any atom is -0.388 e. The Morgan fingerprint density at radius 1 is 1.47 bits per heavy atom. The average molecular weight is 245 g/mol. The van der Waals surface area contributed by atoms with Crippen LogP contribution in [-0.4, -0.2) is 16.6 Å². The Kier molecular flexibility index (Phi) is 3.21. The second-order valence-corrected chi connectivity index (χ2v) is 4.35. The topological polar surface area (TPSA) is 78.8 Å². The van der Waals surface area contributed by atoms with Gasteiger partial charge < -0.3 is 10.6 Å². The van der Waals surface area contributed by atoms with Crippen LogP contribution in [0.5, 0.6) is 0 Å². The van der Waals surface area contributed by atoms with E-state index in [1.807, 2.05) is 30.1 Å². The van der Waals surface area contributed by atoms with Gasteiger partial charge >= 0.3 is 0 Å². The van der Waals surface area contributed by atoms with E-state index in [1.165, 1.54) is 11.5 Å². The molecule has 1 heterocycles. The summed E-state index contributed by atoms with van der Waals surface area (Å²) in [6, 6.07) is 9.59. The van der Waals surface area contributed by atoms with Crippen molar-refractivity contribution in [3.05, 3.63) is 35.5 Å². The van der Waals surface area contributed by atoms with Crippen LogP contribution in [0.3, 0.4) is 0 Å². The minimum atomic E-state index is 0.543. The maximum atomic E-state index is 9.02. The van der Waals surface area contributed by atoms with E-state index in [4.69, 9.17) is 11.0 Å². The smallest absolute Gasteiger partial charge is 0.132 e. The standard InChI is InChI=1S/C11H11N5S/c1-16(7-9-11(13)17-15-14-9)10-5-3-2-4-8(10)6-12/h2-5H,7,13H2,1H3. The van der Waals surface area contributed by atoms with Gasteiger partial charge in [-0.2, -0.15) is 5.26 Å². The second-order valence-electron chi connectivity index (χ2n) is 3.57. The van der Waals surface area contributed by atoms with Crippen molar-refractivity contribution in [2.45, 2.75) is 6.54 Å². The number of para-hydroxylation sites is 1. The van der Waals surface area contributed by atoms with Crippen LogP contribution in [0.15, 0.2) is 24.3 Å². The van der Waals surface area contributed by atoms with E-state index in [1.54, 1.807) is 6.07 Å². The molecule has 0 fully saturated rings. The van der Waals surface area contributed by atoms with Crippen molar-refractivity contribution in [2.75, 3.05) is 17.7 Å². The molecule has 0 spiro atoms. The van der Waals surface area contributed by atoms with Gasteiger partial charge in [0, 0.05) is 18.6 Å². The Bertz CT molecular complexity index is 557. The highest BCUT2D eigenvalue weighted by Gasteiger charge is 2.11. The zero-order valence-electron chi connectivity index (χ0n) is 9.29. The molecule has 2 N–H and O–H groups in total. The summed E-state index contributed by atoms with van der Waals surface area (Å²) in [4.78, 5) is 1.94. The molecule has 6 heteroatoms. The van der Waals surface area contributed by atoms with Gasteiger partial charge in [0.05, 0.1) is 17.8 Å². The molecular formula is C11H11N5S. The Hall–Kier alpha value is -2.13. The summed E-state index contributed by atoms with van der Waals surface area (Å²) >= 11 is 1.18. The number of nitrogens with two attached hydrogens (primary N) is 1. The van der Waals surface area contributed by atoms with Gasteiger partial charge in [0.2, 0.25) is 0 Å². The highest BCUT2D eigenvalue weighted by molar-refractivity contribution is 7.09. The summed E-state index contributed by atoms with van der Waals surface area (Å²) in [6.45, 7) is 0.543. The van der Waals surface area contributed by atoms with Crippen molar-refractivity contribution in [1.82, 2.24) is 9.59 Å². The van der Waals surface area contributed by atoms with E-state index >= 15 is 0 Å². The van der Waals surface area contributed by atoms with Crippen molar-refractivity contribution < 1.29 is 0 Å². The lowest BCUT2D eigenvalue weighted by atomic mass is 10.2. The summed E-state index contributed by atoms with van der Waals surface area (Å²) in [5.41, 5.74) is 7.98. The molecule has 1 aromatic heterocycles. The summed E-state index contributed by atoms with van der Waals surface area (Å²) < 4.78 is 3.79. The Morgan fingerprint density at radius 2 is 2.24 bits per heavy atom. The van der Waals surface area contributed by atoms with Crippen LogP contribution in [0, 0.1) is 11.3 Å². The van der Waals surface area contributed by atoms with E-state index in [2.05, 4.69) is 15.7 Å². The Labute approximate surface area is 103 Å². The van der Waals surface area contributed by atoms with Crippen LogP contribution in [0.2, 0.25) is 0 Å². The predicted octanol–water partition coefficient (Wildman–Crippen LogP) is 1.63. The third kappa shape index (κ3) is 2.34. The molecule has 17 heavy (non-hydrogen) atoms. The fourth-order valence-corrected chi connectivity index (χ4v) is 1.97. The zero-order valence-corrected chi connectivity index (χ0v) is 10.1. The highest BCUT2D eigenvalue weighted by Crippen LogP contribution is 2.22. The second kappa shape index (κ2) is 4.80. The lowest BCUT2D eigenvalue weighted by molar-refractivity contribution is 0.873. The number of aromatic nitrogens is 2. The fourth-order valence-electron chi connectivity index (χ4n) is 1.54. The SMILES string of the molecule is CN(Cc1nnsc1N)c1ccccc1C#N. The van der Waals surface area contributed by atoms with Crippen LogP contribution in [0.25, 0.3) is 0 Å². The lowest BCUT2D eigenvalue weighted by Gasteiger charge is -2.19. The molecule has 0 radical (unpaired) electrons. The predicted molar refractivity (Wildman–Crippen MR) is 67.6 cm³/mol. The number of hydrogen-bond donors (Lipinski definition) is 1. The van der Waals surface area contributed by atoms with Crippen LogP contribution >= 0.6 is 11.5 Å². The molecule has 0 aliphatic carbocycles. The highest BCUT2D eigenvalue weighted by atomic mass is 32.1. The van der Waals surface area contributed by atoms with Gasteiger partial charge in [-0.15, -0.1) is 5.10 Å². The molecule has 0 saturated carbocycles. The molecule has 5 nitrogen and oxygen atoms in total. The molecule has 2 aromatic rings. The third-order valence-electron chi connectivity index (χ3n) is 2.41. The van der Waals surface area contributed by atoms with Crippen LogP contribution in [0.1, 0.15) is 11.3 Å². The van der Waals surface area contributed by atoms with Gasteiger partial charge in [0.25, 0.3) is 0 Å². The first-order chi connectivity index (χ1) is 8.22. The summed E-state index contributed by atoms with van der Waals surface area (Å²) in [5.74, 6) is 0. The summed E-state index contributed by atoms with van der Waals surface area (Å²) in [6.07, 6.45) is 0. The van der Waals surface area contributed by atoms with Gasteiger partial charge in [-0.1, -0.05) is 16.6 Å². The number of hydrogen-bond acceptors (Lipinski definition) is 6. The molecule has 0 aliphatic rings. The van der Waals surface area contributed by atoms with Crippen molar-refractivity contribution in [1.29, 1.82) is 5.26 Å². The molecule has 0 saturated heterocycles. The number of nitrogen functional groups attached to an aromatic ring is 1. The van der Waals surface area contributed by atoms with E-state index in [0.717, 1.165) is 11.4 Å². The van der Waals surface area contributed by atoms with Gasteiger partial charge in [0.15, 0.2) is 0 Å². The van der Waals surface area contributed by atoms with Crippen LogP contribution < -0.4 is 10.6 Å². The van der Waals surface area contributed by atoms with Crippen molar-refractivity contribution in [3.8, 4) is 6.07 Å². The third-order valence-corrected chi connectivity index (χ3v) is 3.00. The number of anilines is 2. The first kappa shape index (κ1) is 11.4. The van der Waals surface area contributed by atoms with E-state index < -0.39 is 0 Å². The molecule has 2 rings (SSSR count). The van der Waals surface area contributed by atoms with Gasteiger partial charge in [-0.25, -0.2) is 0 Å². The molecular weight excluding hydrogens is 234 g/mol. The normalized spacial score (nSPS) is 9.88. The summed E-state index contributed by atoms with van der Waals surface area (Å²) in [5, 5.41) is 13.6. The Morgan fingerprint density at radius 3 is 2.88 bits per heavy atom. The van der Waals surface area contributed by atoms with Crippen LogP contribution in [0.4, 0.5) is 10.7 Å². The zero-order chi connectivity index (χ0) is 12.3. The molecule has 0 bridgehead atoms. The van der Waals surface area contributed by atoms with Gasteiger partial charge in [-0.05, 0) is 12.1 Å². The molecule has 0 unspecified atom stereocenters. The molecule has 86 valence electrons. The number of nitrogens with zero attached hydrogens (tertiary/aromatic N) is 4. The van der Waals surface area contributed by atoms with E-state index in [9.17, 15) is 0 Å². The summed E-state index contributed by atoms with van der Waals surface area (Å²) in [7, 11) is 1.90. The molecule has 1 aromatic carbocycles. The van der Waals surface area contributed by atoms with Gasteiger partial charge in [-0.3, -0.25) is 0 Å². The monoisotopic (exact) mass is 245 g/mol. The minimum absolute atomic E-state index is 0.543. The first-order valence-electron chi connectivity index (χ1n) is 4.99. The molecule has 0 atom stereocenters.